The van der Waals surface area contributed by atoms with E-state index in [1.807, 2.05) is 20.8 Å². The van der Waals surface area contributed by atoms with Gasteiger partial charge in [-0.2, -0.15) is 0 Å². The molecule has 0 atom stereocenters. The van der Waals surface area contributed by atoms with Gasteiger partial charge < -0.3 is 14.8 Å². The number of amides is 1. The van der Waals surface area contributed by atoms with Crippen LogP contribution < -0.4 is 5.32 Å². The summed E-state index contributed by atoms with van der Waals surface area (Å²) >= 11 is 4.39. The molecular weight excluding hydrogens is 228 g/mol. The van der Waals surface area contributed by atoms with Gasteiger partial charge in [0.1, 0.15) is 5.60 Å². The van der Waals surface area contributed by atoms with Gasteiger partial charge in [0.05, 0.1) is 24.9 Å². The first-order valence-electron chi connectivity index (χ1n) is 5.04. The van der Waals surface area contributed by atoms with Crippen LogP contribution in [0.25, 0.3) is 0 Å². The second-order valence-corrected chi connectivity index (χ2v) is 4.20. The quantitative estimate of drug-likeness (QED) is 0.439. The second-order valence-electron chi connectivity index (χ2n) is 4.01. The highest BCUT2D eigenvalue weighted by molar-refractivity contribution is 7.78. The molecule has 0 aromatic rings. The van der Waals surface area contributed by atoms with Gasteiger partial charge in [0, 0.05) is 6.54 Å². The molecule has 92 valence electrons. The highest BCUT2D eigenvalue weighted by Crippen LogP contribution is 2.05. The number of rotatable bonds is 6. The van der Waals surface area contributed by atoms with E-state index >= 15 is 0 Å². The van der Waals surface area contributed by atoms with Crippen molar-refractivity contribution in [2.45, 2.75) is 26.4 Å². The van der Waals surface area contributed by atoms with Crippen LogP contribution in [0.5, 0.6) is 0 Å². The molecule has 0 aromatic heterocycles. The average Bonchev–Trinajstić information content (AvgIpc) is 2.13. The Hall–Kier alpha value is -0.970. The lowest BCUT2D eigenvalue weighted by Gasteiger charge is -2.19. The Labute approximate surface area is 101 Å². The van der Waals surface area contributed by atoms with Crippen molar-refractivity contribution in [3.05, 3.63) is 0 Å². The summed E-state index contributed by atoms with van der Waals surface area (Å²) in [5.74, 6) is 0. The van der Waals surface area contributed by atoms with Crippen molar-refractivity contribution >= 4 is 23.5 Å². The fourth-order valence-corrected chi connectivity index (χ4v) is 0.889. The van der Waals surface area contributed by atoms with E-state index in [4.69, 9.17) is 9.47 Å². The van der Waals surface area contributed by atoms with Gasteiger partial charge in [-0.05, 0) is 33.0 Å². The van der Waals surface area contributed by atoms with Crippen molar-refractivity contribution in [2.24, 2.45) is 4.99 Å². The van der Waals surface area contributed by atoms with Crippen molar-refractivity contribution < 1.29 is 14.3 Å². The SMILES string of the molecule is CC(C)(C)OC(=O)NCCOCCN=C=S. The number of nitrogens with one attached hydrogen (secondary N) is 1. The molecule has 0 heterocycles. The summed E-state index contributed by atoms with van der Waals surface area (Å²) in [7, 11) is 0. The molecule has 0 aliphatic rings. The summed E-state index contributed by atoms with van der Waals surface area (Å²) in [5.41, 5.74) is -0.473. The van der Waals surface area contributed by atoms with E-state index in [-0.39, 0.29) is 0 Å². The lowest BCUT2D eigenvalue weighted by Crippen LogP contribution is -2.34. The van der Waals surface area contributed by atoms with Crippen LogP contribution in [0.3, 0.4) is 0 Å². The van der Waals surface area contributed by atoms with Crippen molar-refractivity contribution in [2.75, 3.05) is 26.3 Å². The van der Waals surface area contributed by atoms with Crippen LogP contribution in [0, 0.1) is 0 Å². The molecule has 6 heteroatoms. The molecule has 0 rings (SSSR count). The fourth-order valence-electron chi connectivity index (χ4n) is 0.797. The minimum atomic E-state index is -0.473. The van der Waals surface area contributed by atoms with Crippen LogP contribution in [-0.2, 0) is 9.47 Å². The van der Waals surface area contributed by atoms with Gasteiger partial charge in [-0.3, -0.25) is 0 Å². The van der Waals surface area contributed by atoms with E-state index in [9.17, 15) is 4.79 Å². The fraction of sp³-hybridized carbons (Fsp3) is 0.800. The molecule has 0 unspecified atom stereocenters. The number of aliphatic imine (C=N–C) groups is 1. The number of hydrogen-bond acceptors (Lipinski definition) is 5. The highest BCUT2D eigenvalue weighted by atomic mass is 32.1. The van der Waals surface area contributed by atoms with E-state index < -0.39 is 11.7 Å². The summed E-state index contributed by atoms with van der Waals surface area (Å²) in [5, 5.41) is 4.82. The maximum Gasteiger partial charge on any atom is 0.407 e. The zero-order valence-corrected chi connectivity index (χ0v) is 10.7. The molecule has 0 saturated carbocycles. The maximum atomic E-state index is 11.2. The predicted octanol–water partition coefficient (Wildman–Crippen LogP) is 1.63. The van der Waals surface area contributed by atoms with Gasteiger partial charge in [0.2, 0.25) is 0 Å². The number of hydrogen-bond donors (Lipinski definition) is 1. The third-order valence-electron chi connectivity index (χ3n) is 1.33. The van der Waals surface area contributed by atoms with Crippen molar-refractivity contribution in [1.29, 1.82) is 0 Å². The zero-order valence-electron chi connectivity index (χ0n) is 9.91. The van der Waals surface area contributed by atoms with E-state index in [1.54, 1.807) is 0 Å². The largest absolute Gasteiger partial charge is 0.444 e. The average molecular weight is 246 g/mol. The minimum absolute atomic E-state index is 0.413. The summed E-state index contributed by atoms with van der Waals surface area (Å²) < 4.78 is 10.2. The molecule has 0 fully saturated rings. The number of nitrogens with zero attached hydrogens (tertiary/aromatic N) is 1. The Morgan fingerprint density at radius 3 is 2.69 bits per heavy atom. The third kappa shape index (κ3) is 11.1. The molecular formula is C10H18N2O3S. The van der Waals surface area contributed by atoms with Crippen LogP contribution in [0.2, 0.25) is 0 Å². The first kappa shape index (κ1) is 15.0. The molecule has 1 amide bonds. The minimum Gasteiger partial charge on any atom is -0.444 e. The van der Waals surface area contributed by atoms with E-state index in [1.165, 1.54) is 0 Å². The molecule has 0 aromatic carbocycles. The molecule has 1 N–H and O–H groups in total. The Balaban J connectivity index is 3.38. The third-order valence-corrected chi connectivity index (χ3v) is 1.46. The van der Waals surface area contributed by atoms with Crippen molar-refractivity contribution in [1.82, 2.24) is 5.32 Å². The first-order valence-corrected chi connectivity index (χ1v) is 5.45. The van der Waals surface area contributed by atoms with Crippen LogP contribution in [0.4, 0.5) is 4.79 Å². The predicted molar refractivity (Wildman–Crippen MR) is 64.9 cm³/mol. The molecule has 5 nitrogen and oxygen atoms in total. The van der Waals surface area contributed by atoms with Crippen LogP contribution in [-0.4, -0.2) is 43.2 Å². The van der Waals surface area contributed by atoms with Crippen LogP contribution >= 0.6 is 12.2 Å². The Kier molecular flexibility index (Phi) is 7.72. The second kappa shape index (κ2) is 8.21. The molecule has 0 radical (unpaired) electrons. The van der Waals surface area contributed by atoms with Gasteiger partial charge in [0.25, 0.3) is 0 Å². The smallest absolute Gasteiger partial charge is 0.407 e. The van der Waals surface area contributed by atoms with Gasteiger partial charge in [0.15, 0.2) is 0 Å². The maximum absolute atomic E-state index is 11.2. The summed E-state index contributed by atoms with van der Waals surface area (Å²) in [6.07, 6.45) is -0.437. The number of carbonyl (C=O) groups is 1. The number of isothiocyanates is 1. The topological polar surface area (TPSA) is 59.9 Å². The van der Waals surface area contributed by atoms with Gasteiger partial charge in [-0.25, -0.2) is 9.79 Å². The Morgan fingerprint density at radius 1 is 1.44 bits per heavy atom. The Morgan fingerprint density at radius 2 is 2.12 bits per heavy atom. The number of thiocarbonyl (C=S) groups is 1. The van der Waals surface area contributed by atoms with Crippen molar-refractivity contribution in [3.63, 3.8) is 0 Å². The number of ether oxygens (including phenoxy) is 2. The summed E-state index contributed by atoms with van der Waals surface area (Å²) in [4.78, 5) is 14.8. The highest BCUT2D eigenvalue weighted by Gasteiger charge is 2.15. The Bertz CT molecular complexity index is 257. The molecule has 0 spiro atoms. The number of carbonyl (C=O) groups excluding carboxylic acids is 1. The lowest BCUT2D eigenvalue weighted by atomic mass is 10.2. The van der Waals surface area contributed by atoms with Crippen molar-refractivity contribution in [3.8, 4) is 0 Å². The summed E-state index contributed by atoms with van der Waals surface area (Å²) in [6, 6.07) is 0. The van der Waals surface area contributed by atoms with E-state index in [2.05, 4.69) is 27.7 Å². The normalized spacial score (nSPS) is 10.4. The standard InChI is InChI=1S/C10H18N2O3S/c1-10(2,3)15-9(13)12-5-7-14-6-4-11-8-16/h4-7H2,1-3H3,(H,12,13). The van der Waals surface area contributed by atoms with Gasteiger partial charge in [-0.15, -0.1) is 0 Å². The van der Waals surface area contributed by atoms with E-state index in [0.29, 0.717) is 26.3 Å². The zero-order chi connectivity index (χ0) is 12.4. The van der Waals surface area contributed by atoms with Crippen LogP contribution in [0.15, 0.2) is 4.99 Å². The molecule has 0 aliphatic carbocycles. The van der Waals surface area contributed by atoms with Gasteiger partial charge >= 0.3 is 6.09 Å². The first-order chi connectivity index (χ1) is 7.45. The number of alkyl carbamates (subject to hydrolysis) is 1. The molecule has 16 heavy (non-hydrogen) atoms. The monoisotopic (exact) mass is 246 g/mol. The molecule has 0 saturated heterocycles. The van der Waals surface area contributed by atoms with Gasteiger partial charge in [-0.1, -0.05) is 0 Å². The molecule has 0 bridgehead atoms. The molecule has 0 aliphatic heterocycles. The van der Waals surface area contributed by atoms with E-state index in [0.717, 1.165) is 0 Å². The lowest BCUT2D eigenvalue weighted by molar-refractivity contribution is 0.0501. The summed E-state index contributed by atoms with van der Waals surface area (Å²) in [6.45, 7) is 7.24. The van der Waals surface area contributed by atoms with Crippen LogP contribution in [0.1, 0.15) is 20.8 Å².